The first kappa shape index (κ1) is 21.7. The van der Waals surface area contributed by atoms with Crippen molar-refractivity contribution in [3.05, 3.63) is 29.8 Å². The molecule has 0 aliphatic carbocycles. The van der Waals surface area contributed by atoms with Crippen LogP contribution in [0.2, 0.25) is 0 Å². The van der Waals surface area contributed by atoms with Gasteiger partial charge in [0, 0.05) is 44.9 Å². The topological polar surface area (TPSA) is 76.2 Å². The average Bonchev–Trinajstić information content (AvgIpc) is 3.22. The minimum absolute atomic E-state index is 0.112. The molecule has 30 heavy (non-hydrogen) atoms. The Hall–Kier alpha value is -1.48. The molecule has 8 heteroatoms. The normalized spacial score (nSPS) is 23.4. The number of amides is 1. The van der Waals surface area contributed by atoms with Crippen molar-refractivity contribution in [2.45, 2.75) is 56.1 Å². The summed E-state index contributed by atoms with van der Waals surface area (Å²) in [7, 11) is -3.52. The number of hydrogen-bond donors (Lipinski definition) is 0. The molecular weight excluding hydrogens is 404 g/mol. The largest absolute Gasteiger partial charge is 0.347 e. The van der Waals surface area contributed by atoms with E-state index in [1.165, 1.54) is 4.31 Å². The Morgan fingerprint density at radius 3 is 2.10 bits per heavy atom. The first-order valence-corrected chi connectivity index (χ1v) is 12.4. The van der Waals surface area contributed by atoms with Crippen LogP contribution in [0.4, 0.5) is 0 Å². The molecule has 0 N–H and O–H groups in total. The predicted molar refractivity (Wildman–Crippen MR) is 112 cm³/mol. The fourth-order valence-corrected chi connectivity index (χ4v) is 6.10. The first-order chi connectivity index (χ1) is 14.3. The van der Waals surface area contributed by atoms with Gasteiger partial charge in [-0.2, -0.15) is 4.31 Å². The van der Waals surface area contributed by atoms with Gasteiger partial charge in [0.05, 0.1) is 18.1 Å². The van der Waals surface area contributed by atoms with E-state index in [1.807, 2.05) is 17.0 Å². The summed E-state index contributed by atoms with van der Waals surface area (Å²) in [5, 5.41) is 0. The lowest BCUT2D eigenvalue weighted by Crippen LogP contribution is -2.50. The fourth-order valence-electron chi connectivity index (χ4n) is 4.63. The van der Waals surface area contributed by atoms with Crippen molar-refractivity contribution in [1.82, 2.24) is 9.21 Å². The van der Waals surface area contributed by atoms with Crippen molar-refractivity contribution in [1.29, 1.82) is 0 Å². The molecule has 1 aromatic carbocycles. The Morgan fingerprint density at radius 1 is 1.00 bits per heavy atom. The molecule has 3 saturated heterocycles. The maximum atomic E-state index is 13.0. The van der Waals surface area contributed by atoms with Crippen molar-refractivity contribution < 1.29 is 22.7 Å². The third-order valence-electron chi connectivity index (χ3n) is 6.64. The van der Waals surface area contributed by atoms with E-state index < -0.39 is 15.8 Å². The van der Waals surface area contributed by atoms with Gasteiger partial charge >= 0.3 is 0 Å². The van der Waals surface area contributed by atoms with Crippen LogP contribution in [0.25, 0.3) is 0 Å². The Kier molecular flexibility index (Phi) is 6.21. The van der Waals surface area contributed by atoms with Crippen LogP contribution < -0.4 is 0 Å². The Labute approximate surface area is 179 Å². The monoisotopic (exact) mass is 436 g/mol. The number of sulfonamides is 1. The van der Waals surface area contributed by atoms with Gasteiger partial charge in [0.2, 0.25) is 15.9 Å². The molecule has 3 aliphatic rings. The van der Waals surface area contributed by atoms with Crippen molar-refractivity contribution in [2.75, 3.05) is 39.4 Å². The Morgan fingerprint density at radius 2 is 1.57 bits per heavy atom. The lowest BCUT2D eigenvalue weighted by molar-refractivity contribution is -0.188. The molecule has 4 rings (SSSR count). The van der Waals surface area contributed by atoms with E-state index in [0.29, 0.717) is 75.9 Å². The number of hydrogen-bond acceptors (Lipinski definition) is 5. The van der Waals surface area contributed by atoms with E-state index in [-0.39, 0.29) is 11.8 Å². The van der Waals surface area contributed by atoms with E-state index in [4.69, 9.17) is 9.47 Å². The molecule has 0 radical (unpaired) electrons. The molecule has 0 aromatic heterocycles. The summed E-state index contributed by atoms with van der Waals surface area (Å²) in [5.74, 6) is -0.0975. The smallest absolute Gasteiger partial charge is 0.243 e. The summed E-state index contributed by atoms with van der Waals surface area (Å²) >= 11 is 0. The number of piperidine rings is 2. The van der Waals surface area contributed by atoms with Crippen molar-refractivity contribution in [3.8, 4) is 0 Å². The number of benzene rings is 1. The molecule has 1 spiro atoms. The van der Waals surface area contributed by atoms with Gasteiger partial charge in [-0.05, 0) is 36.5 Å². The SMILES string of the molecule is CC(C)c1ccc(S(=O)(=O)N2CCC(C(=O)N3CCC4(CC3)OCCO4)CC2)cc1. The maximum absolute atomic E-state index is 13.0. The van der Waals surface area contributed by atoms with E-state index in [0.717, 1.165) is 5.56 Å². The zero-order chi connectivity index (χ0) is 21.4. The van der Waals surface area contributed by atoms with Crippen LogP contribution in [0.15, 0.2) is 29.2 Å². The molecule has 1 aromatic rings. The average molecular weight is 437 g/mol. The molecule has 166 valence electrons. The maximum Gasteiger partial charge on any atom is 0.243 e. The summed E-state index contributed by atoms with van der Waals surface area (Å²) in [4.78, 5) is 15.2. The van der Waals surface area contributed by atoms with Crippen LogP contribution in [0, 0.1) is 5.92 Å². The molecule has 3 aliphatic heterocycles. The minimum Gasteiger partial charge on any atom is -0.347 e. The van der Waals surface area contributed by atoms with Gasteiger partial charge in [0.1, 0.15) is 0 Å². The van der Waals surface area contributed by atoms with E-state index >= 15 is 0 Å². The third kappa shape index (κ3) is 4.28. The fraction of sp³-hybridized carbons (Fsp3) is 0.682. The van der Waals surface area contributed by atoms with Gasteiger partial charge in [-0.25, -0.2) is 8.42 Å². The van der Waals surface area contributed by atoms with Crippen LogP contribution in [-0.2, 0) is 24.3 Å². The number of carbonyl (C=O) groups is 1. The summed E-state index contributed by atoms with van der Waals surface area (Å²) in [6.07, 6.45) is 2.55. The summed E-state index contributed by atoms with van der Waals surface area (Å²) in [6.45, 7) is 7.47. The third-order valence-corrected chi connectivity index (χ3v) is 8.55. The van der Waals surface area contributed by atoms with Crippen molar-refractivity contribution in [3.63, 3.8) is 0 Å². The van der Waals surface area contributed by atoms with E-state index in [9.17, 15) is 13.2 Å². The zero-order valence-corrected chi connectivity index (χ0v) is 18.7. The highest BCUT2D eigenvalue weighted by molar-refractivity contribution is 7.89. The molecule has 0 bridgehead atoms. The quantitative estimate of drug-likeness (QED) is 0.725. The van der Waals surface area contributed by atoms with Gasteiger partial charge in [0.25, 0.3) is 0 Å². The van der Waals surface area contributed by atoms with Gasteiger partial charge in [-0.1, -0.05) is 26.0 Å². The second kappa shape index (κ2) is 8.57. The molecule has 3 heterocycles. The molecule has 0 saturated carbocycles. The molecular formula is C22H32N2O5S. The zero-order valence-electron chi connectivity index (χ0n) is 17.9. The predicted octanol–water partition coefficient (Wildman–Crippen LogP) is 2.58. The van der Waals surface area contributed by atoms with Crippen LogP contribution >= 0.6 is 0 Å². The summed E-state index contributed by atoms with van der Waals surface area (Å²) < 4.78 is 39.0. The molecule has 0 unspecified atom stereocenters. The molecule has 3 fully saturated rings. The molecule has 0 atom stereocenters. The lowest BCUT2D eigenvalue weighted by Gasteiger charge is -2.40. The Balaban J connectivity index is 1.32. The standard InChI is InChI=1S/C22H32N2O5S/c1-17(2)18-3-5-20(6-4-18)30(26,27)24-11-7-19(8-12-24)21(25)23-13-9-22(10-14-23)28-15-16-29-22/h3-6,17,19H,7-16H2,1-2H3. The van der Waals surface area contributed by atoms with Crippen LogP contribution in [0.5, 0.6) is 0 Å². The van der Waals surface area contributed by atoms with Gasteiger partial charge < -0.3 is 14.4 Å². The van der Waals surface area contributed by atoms with Gasteiger partial charge in [-0.3, -0.25) is 4.79 Å². The number of rotatable bonds is 4. The summed E-state index contributed by atoms with van der Waals surface area (Å²) in [5.41, 5.74) is 1.12. The molecule has 1 amide bonds. The van der Waals surface area contributed by atoms with E-state index in [2.05, 4.69) is 13.8 Å². The van der Waals surface area contributed by atoms with E-state index in [1.54, 1.807) is 12.1 Å². The second-order valence-corrected chi connectivity index (χ2v) is 10.8. The minimum atomic E-state index is -3.52. The highest BCUT2D eigenvalue weighted by Gasteiger charge is 2.42. The van der Waals surface area contributed by atoms with Crippen LogP contribution in [0.1, 0.15) is 51.0 Å². The van der Waals surface area contributed by atoms with Crippen LogP contribution in [-0.4, -0.2) is 68.7 Å². The van der Waals surface area contributed by atoms with Gasteiger partial charge in [-0.15, -0.1) is 0 Å². The summed E-state index contributed by atoms with van der Waals surface area (Å²) in [6, 6.07) is 7.15. The highest BCUT2D eigenvalue weighted by Crippen LogP contribution is 2.33. The highest BCUT2D eigenvalue weighted by atomic mass is 32.2. The number of ether oxygens (including phenoxy) is 2. The van der Waals surface area contributed by atoms with Crippen molar-refractivity contribution >= 4 is 15.9 Å². The number of likely N-dealkylation sites (tertiary alicyclic amines) is 1. The van der Waals surface area contributed by atoms with Crippen molar-refractivity contribution in [2.24, 2.45) is 5.92 Å². The first-order valence-electron chi connectivity index (χ1n) is 11.0. The molecule has 7 nitrogen and oxygen atoms in total. The van der Waals surface area contributed by atoms with Gasteiger partial charge in [0.15, 0.2) is 5.79 Å². The second-order valence-electron chi connectivity index (χ2n) is 8.83. The Bertz CT molecular complexity index is 844. The van der Waals surface area contributed by atoms with Crippen LogP contribution in [0.3, 0.4) is 0 Å². The number of nitrogens with zero attached hydrogens (tertiary/aromatic N) is 2. The number of carbonyl (C=O) groups excluding carboxylic acids is 1. The lowest BCUT2D eigenvalue weighted by atomic mass is 9.94.